The van der Waals surface area contributed by atoms with E-state index < -0.39 is 28.9 Å². The van der Waals surface area contributed by atoms with Crippen LogP contribution in [0.3, 0.4) is 0 Å². The summed E-state index contributed by atoms with van der Waals surface area (Å²) < 4.78 is 22.1. The van der Waals surface area contributed by atoms with Gasteiger partial charge in [0.25, 0.3) is 0 Å². The summed E-state index contributed by atoms with van der Waals surface area (Å²) in [6.07, 6.45) is 0.115. The molecule has 1 saturated heterocycles. The molecule has 2 aliphatic heterocycles. The van der Waals surface area contributed by atoms with E-state index in [1.165, 1.54) is 11.8 Å². The number of carbonyl (C=O) groups is 2. The summed E-state index contributed by atoms with van der Waals surface area (Å²) in [4.78, 5) is 38.2. The summed E-state index contributed by atoms with van der Waals surface area (Å²) >= 11 is 1.32. The predicted molar refractivity (Wildman–Crippen MR) is 116 cm³/mol. The molecule has 0 bridgehead atoms. The monoisotopic (exact) mass is 449 g/mol. The minimum atomic E-state index is -1.30. The topological polar surface area (TPSA) is 101 Å². The van der Waals surface area contributed by atoms with Gasteiger partial charge < -0.3 is 24.6 Å². The van der Waals surface area contributed by atoms with Crippen LogP contribution >= 0.6 is 11.8 Å². The number of halogens is 1. The van der Waals surface area contributed by atoms with Crippen molar-refractivity contribution in [3.05, 3.63) is 33.7 Å². The first kappa shape index (κ1) is 21.5. The minimum absolute atomic E-state index is 0.0625. The van der Waals surface area contributed by atoms with Crippen LogP contribution in [-0.4, -0.2) is 52.2 Å². The molecule has 2 aromatic rings. The highest BCUT2D eigenvalue weighted by Gasteiger charge is 2.30. The summed E-state index contributed by atoms with van der Waals surface area (Å²) in [5.41, 5.74) is -0.720. The number of carboxylic acid groups (broad SMARTS) is 1. The van der Waals surface area contributed by atoms with Crippen molar-refractivity contribution in [3.8, 4) is 0 Å². The van der Waals surface area contributed by atoms with Crippen molar-refractivity contribution in [1.82, 2.24) is 9.88 Å². The number of ether oxygens (including phenoxy) is 1. The maximum Gasteiger partial charge on any atom is 0.407 e. The Morgan fingerprint density at radius 2 is 2.03 bits per heavy atom. The summed E-state index contributed by atoms with van der Waals surface area (Å²) in [5, 5.41) is 12.8. The summed E-state index contributed by atoms with van der Waals surface area (Å²) in [6, 6.07) is 2.55. The van der Waals surface area contributed by atoms with E-state index in [1.807, 2.05) is 4.90 Å². The summed E-state index contributed by atoms with van der Waals surface area (Å²) in [7, 11) is 0. The van der Waals surface area contributed by atoms with Gasteiger partial charge in [0.05, 0.1) is 22.3 Å². The number of aryl methyl sites for hydroxylation is 1. The first-order chi connectivity index (χ1) is 14.5. The van der Waals surface area contributed by atoms with Gasteiger partial charge in [-0.25, -0.2) is 14.0 Å². The Morgan fingerprint density at radius 1 is 1.29 bits per heavy atom. The Labute approximate surface area is 182 Å². The van der Waals surface area contributed by atoms with Crippen molar-refractivity contribution in [1.29, 1.82) is 0 Å². The molecule has 3 heterocycles. The number of pyridine rings is 1. The highest BCUT2D eigenvalue weighted by Crippen LogP contribution is 2.34. The number of amides is 1. The van der Waals surface area contributed by atoms with Crippen molar-refractivity contribution in [2.45, 2.75) is 50.4 Å². The molecule has 1 unspecified atom stereocenters. The van der Waals surface area contributed by atoms with E-state index in [4.69, 9.17) is 4.74 Å². The number of anilines is 1. The van der Waals surface area contributed by atoms with E-state index in [-0.39, 0.29) is 17.0 Å². The van der Waals surface area contributed by atoms with E-state index in [1.54, 1.807) is 31.4 Å². The Balaban J connectivity index is 1.65. The highest BCUT2D eigenvalue weighted by molar-refractivity contribution is 7.99. The second-order valence-electron chi connectivity index (χ2n) is 8.71. The van der Waals surface area contributed by atoms with Gasteiger partial charge in [-0.2, -0.15) is 0 Å². The van der Waals surface area contributed by atoms with Crippen LogP contribution in [0.15, 0.2) is 22.0 Å². The first-order valence-electron chi connectivity index (χ1n) is 10.1. The number of carboxylic acids is 1. The predicted octanol–water partition coefficient (Wildman–Crippen LogP) is 3.05. The maximum atomic E-state index is 15.0. The van der Waals surface area contributed by atoms with Crippen LogP contribution in [-0.2, 0) is 11.3 Å². The molecule has 31 heavy (non-hydrogen) atoms. The number of hydrogen-bond acceptors (Lipinski definition) is 6. The molecule has 4 rings (SSSR count). The zero-order valence-electron chi connectivity index (χ0n) is 17.5. The molecule has 0 radical (unpaired) electrons. The second kappa shape index (κ2) is 7.74. The lowest BCUT2D eigenvalue weighted by Crippen LogP contribution is -2.40. The number of nitrogens with one attached hydrogen (secondary N) is 1. The SMILES string of the molecule is CC(C)(C)OC(=O)NC1CCN(c2cc3c(cc2F)c(=O)c(C(=O)O)c2n3CCS2)C1. The second-order valence-corrected chi connectivity index (χ2v) is 9.80. The third-order valence-electron chi connectivity index (χ3n) is 5.30. The van der Waals surface area contributed by atoms with Crippen LogP contribution in [0.25, 0.3) is 10.9 Å². The number of thioether (sulfide) groups is 1. The maximum absolute atomic E-state index is 15.0. The highest BCUT2D eigenvalue weighted by atomic mass is 32.2. The van der Waals surface area contributed by atoms with Crippen molar-refractivity contribution < 1.29 is 23.8 Å². The zero-order valence-corrected chi connectivity index (χ0v) is 18.3. The van der Waals surface area contributed by atoms with Crippen LogP contribution in [0, 0.1) is 5.82 Å². The molecule has 0 saturated carbocycles. The third kappa shape index (κ3) is 4.08. The molecule has 2 N–H and O–H groups in total. The Bertz CT molecular complexity index is 1140. The molecule has 8 nitrogen and oxygen atoms in total. The van der Waals surface area contributed by atoms with E-state index >= 15 is 0 Å². The largest absolute Gasteiger partial charge is 0.477 e. The van der Waals surface area contributed by atoms with Crippen LogP contribution in [0.2, 0.25) is 0 Å². The molecular formula is C21H24FN3O5S. The van der Waals surface area contributed by atoms with Crippen LogP contribution in [0.1, 0.15) is 37.6 Å². The fraction of sp³-hybridized carbons (Fsp3) is 0.476. The number of aromatic nitrogens is 1. The molecule has 0 spiro atoms. The third-order valence-corrected chi connectivity index (χ3v) is 6.39. The molecule has 1 atom stereocenters. The normalized spacial score (nSPS) is 18.3. The lowest BCUT2D eigenvalue weighted by molar-refractivity contribution is 0.0508. The van der Waals surface area contributed by atoms with Gasteiger partial charge in [0.15, 0.2) is 0 Å². The molecule has 1 aromatic carbocycles. The molecular weight excluding hydrogens is 425 g/mol. The van der Waals surface area contributed by atoms with Gasteiger partial charge in [-0.15, -0.1) is 11.8 Å². The number of alkyl carbamates (subject to hydrolysis) is 1. The number of aromatic carboxylic acids is 1. The van der Waals surface area contributed by atoms with Crippen molar-refractivity contribution in [2.24, 2.45) is 0 Å². The van der Waals surface area contributed by atoms with Gasteiger partial charge in [-0.3, -0.25) is 4.79 Å². The smallest absolute Gasteiger partial charge is 0.407 e. The minimum Gasteiger partial charge on any atom is -0.477 e. The van der Waals surface area contributed by atoms with Gasteiger partial charge in [0.2, 0.25) is 5.43 Å². The summed E-state index contributed by atoms with van der Waals surface area (Å²) in [5.74, 6) is -1.24. The number of fused-ring (bicyclic) bond motifs is 3. The Kier molecular flexibility index (Phi) is 5.36. The van der Waals surface area contributed by atoms with E-state index in [0.29, 0.717) is 48.0 Å². The average molecular weight is 450 g/mol. The van der Waals surface area contributed by atoms with Crippen LogP contribution in [0.4, 0.5) is 14.9 Å². The van der Waals surface area contributed by atoms with Gasteiger partial charge in [0, 0.05) is 30.8 Å². The lowest BCUT2D eigenvalue weighted by Gasteiger charge is -2.23. The first-order valence-corrected chi connectivity index (χ1v) is 11.0. The number of benzene rings is 1. The molecule has 1 fully saturated rings. The molecule has 1 amide bonds. The number of carbonyl (C=O) groups excluding carboxylic acids is 1. The standard InChI is InChI=1S/C21H24FN3O5S/c1-21(2,3)30-20(29)23-11-4-5-24(10-11)15-9-14-12(8-13(15)22)17(26)16(19(27)28)18-25(14)6-7-31-18/h8-9,11H,4-7,10H2,1-3H3,(H,23,29)(H,27,28). The summed E-state index contributed by atoms with van der Waals surface area (Å²) in [6.45, 7) is 6.83. The molecule has 1 aromatic heterocycles. The molecule has 166 valence electrons. The van der Waals surface area contributed by atoms with Crippen LogP contribution < -0.4 is 15.6 Å². The van der Waals surface area contributed by atoms with Crippen molar-refractivity contribution in [3.63, 3.8) is 0 Å². The molecule has 10 heteroatoms. The average Bonchev–Trinajstić information content (AvgIpc) is 3.29. The Morgan fingerprint density at radius 3 is 2.71 bits per heavy atom. The zero-order chi connectivity index (χ0) is 22.5. The van der Waals surface area contributed by atoms with E-state index in [0.717, 1.165) is 6.07 Å². The quantitative estimate of drug-likeness (QED) is 0.743. The number of rotatable bonds is 3. The lowest BCUT2D eigenvalue weighted by atomic mass is 10.1. The van der Waals surface area contributed by atoms with Crippen molar-refractivity contribution >= 4 is 40.4 Å². The van der Waals surface area contributed by atoms with Gasteiger partial charge in [-0.1, -0.05) is 0 Å². The van der Waals surface area contributed by atoms with Crippen LogP contribution in [0.5, 0.6) is 0 Å². The number of hydrogen-bond donors (Lipinski definition) is 2. The fourth-order valence-electron chi connectivity index (χ4n) is 4.04. The van der Waals surface area contributed by atoms with Gasteiger partial charge in [-0.05, 0) is 39.3 Å². The molecule has 0 aliphatic carbocycles. The number of nitrogens with zero attached hydrogens (tertiary/aromatic N) is 2. The van der Waals surface area contributed by atoms with E-state index in [2.05, 4.69) is 5.32 Å². The molecule has 2 aliphatic rings. The van der Waals surface area contributed by atoms with E-state index in [9.17, 15) is 23.9 Å². The van der Waals surface area contributed by atoms with Gasteiger partial charge in [0.1, 0.15) is 17.0 Å². The Hall–Kier alpha value is -2.75. The van der Waals surface area contributed by atoms with Crippen molar-refractivity contribution in [2.75, 3.05) is 23.7 Å². The fourth-order valence-corrected chi connectivity index (χ4v) is 5.18. The van der Waals surface area contributed by atoms with Gasteiger partial charge >= 0.3 is 12.1 Å².